The lowest BCUT2D eigenvalue weighted by molar-refractivity contribution is 0.328. The van der Waals surface area contributed by atoms with E-state index in [1.807, 2.05) is 13.0 Å². The average Bonchev–Trinajstić information content (AvgIpc) is 2.85. The summed E-state index contributed by atoms with van der Waals surface area (Å²) >= 11 is 5.94. The van der Waals surface area contributed by atoms with E-state index in [-0.39, 0.29) is 5.75 Å². The molecule has 0 amide bonds. The number of H-pyrrole nitrogens is 1. The monoisotopic (exact) mass is 289 g/mol. The first-order chi connectivity index (χ1) is 9.67. The van der Waals surface area contributed by atoms with Gasteiger partial charge in [-0.2, -0.15) is 4.98 Å². The number of aromatic nitrogens is 3. The van der Waals surface area contributed by atoms with Gasteiger partial charge in [0.1, 0.15) is 11.6 Å². The van der Waals surface area contributed by atoms with E-state index < -0.39 is 0 Å². The van der Waals surface area contributed by atoms with Crippen molar-refractivity contribution in [3.05, 3.63) is 35.4 Å². The number of aromatic hydroxyl groups is 1. The second-order valence-corrected chi connectivity index (χ2v) is 4.64. The fourth-order valence-electron chi connectivity index (χ4n) is 1.93. The molecule has 2 N–H and O–H groups in total. The van der Waals surface area contributed by atoms with Crippen LogP contribution in [0.4, 0.5) is 0 Å². The van der Waals surface area contributed by atoms with Gasteiger partial charge in [0.25, 0.3) is 0 Å². The summed E-state index contributed by atoms with van der Waals surface area (Å²) in [4.78, 5) is 11.7. The van der Waals surface area contributed by atoms with Crippen LogP contribution in [0, 0.1) is 0 Å². The molecule has 2 heterocycles. The molecule has 1 aromatic carbocycles. The fourth-order valence-corrected chi connectivity index (χ4v) is 2.10. The van der Waals surface area contributed by atoms with Crippen molar-refractivity contribution in [3.8, 4) is 23.0 Å². The molecule has 0 atom stereocenters. The first kappa shape index (κ1) is 12.7. The van der Waals surface area contributed by atoms with Gasteiger partial charge >= 0.3 is 0 Å². The number of fused-ring (bicyclic) bond motifs is 1. The first-order valence-corrected chi connectivity index (χ1v) is 6.53. The third kappa shape index (κ3) is 2.28. The van der Waals surface area contributed by atoms with E-state index in [0.29, 0.717) is 34.5 Å². The number of phenols is 1. The molecule has 5 nitrogen and oxygen atoms in total. The minimum Gasteiger partial charge on any atom is -0.507 e. The van der Waals surface area contributed by atoms with Crippen LogP contribution in [0.25, 0.3) is 22.6 Å². The maximum absolute atomic E-state index is 9.89. The molecule has 0 aliphatic heterocycles. The summed E-state index contributed by atoms with van der Waals surface area (Å²) in [7, 11) is 0. The van der Waals surface area contributed by atoms with Crippen LogP contribution >= 0.6 is 11.6 Å². The molecule has 3 rings (SSSR count). The molecule has 0 saturated carbocycles. The van der Waals surface area contributed by atoms with E-state index in [1.165, 1.54) is 6.07 Å². The third-order valence-electron chi connectivity index (χ3n) is 2.83. The van der Waals surface area contributed by atoms with Crippen molar-refractivity contribution in [1.29, 1.82) is 0 Å². The van der Waals surface area contributed by atoms with Gasteiger partial charge in [0.05, 0.1) is 17.7 Å². The van der Waals surface area contributed by atoms with E-state index in [1.54, 1.807) is 18.2 Å². The summed E-state index contributed by atoms with van der Waals surface area (Å²) in [5, 5.41) is 10.4. The second-order valence-electron chi connectivity index (χ2n) is 4.20. The summed E-state index contributed by atoms with van der Waals surface area (Å²) in [6, 6.07) is 8.41. The summed E-state index contributed by atoms with van der Waals surface area (Å²) in [6.07, 6.45) is 0. The summed E-state index contributed by atoms with van der Waals surface area (Å²) < 4.78 is 5.34. The van der Waals surface area contributed by atoms with Gasteiger partial charge in [-0.15, -0.1) is 0 Å². The number of hydrogen-bond donors (Lipinski definition) is 2. The standard InChI is InChI=1S/C14H12ClN3O2/c1-2-20-12-6-4-10-14(17-12)18-13(16-10)9-7-8(15)3-5-11(9)19/h3-7,19H,2H2,1H3,(H,16,17,18). The molecule has 0 aliphatic carbocycles. The Balaban J connectivity index is 2.10. The summed E-state index contributed by atoms with van der Waals surface area (Å²) in [5.41, 5.74) is 1.83. The van der Waals surface area contributed by atoms with Crippen molar-refractivity contribution in [3.63, 3.8) is 0 Å². The number of nitrogens with zero attached hydrogens (tertiary/aromatic N) is 2. The molecule has 6 heteroatoms. The number of ether oxygens (including phenoxy) is 1. The lowest BCUT2D eigenvalue weighted by atomic mass is 10.2. The van der Waals surface area contributed by atoms with E-state index >= 15 is 0 Å². The highest BCUT2D eigenvalue weighted by Gasteiger charge is 2.11. The van der Waals surface area contributed by atoms with E-state index in [0.717, 1.165) is 5.52 Å². The minimum absolute atomic E-state index is 0.110. The molecule has 0 saturated heterocycles. The van der Waals surface area contributed by atoms with Gasteiger partial charge in [-0.05, 0) is 31.2 Å². The van der Waals surface area contributed by atoms with Crippen molar-refractivity contribution in [2.75, 3.05) is 6.61 Å². The van der Waals surface area contributed by atoms with Crippen LogP contribution in [0.5, 0.6) is 11.6 Å². The highest BCUT2D eigenvalue weighted by Crippen LogP contribution is 2.31. The number of halogens is 1. The van der Waals surface area contributed by atoms with Crippen LogP contribution in [0.15, 0.2) is 30.3 Å². The Kier molecular flexibility index (Phi) is 3.20. The van der Waals surface area contributed by atoms with Crippen LogP contribution < -0.4 is 4.74 Å². The third-order valence-corrected chi connectivity index (χ3v) is 3.06. The zero-order chi connectivity index (χ0) is 14.1. The van der Waals surface area contributed by atoms with Gasteiger partial charge in [-0.1, -0.05) is 11.6 Å². The lowest BCUT2D eigenvalue weighted by Crippen LogP contribution is -1.93. The van der Waals surface area contributed by atoms with Gasteiger partial charge in [-0.25, -0.2) is 4.98 Å². The Hall–Kier alpha value is -2.27. The summed E-state index contributed by atoms with van der Waals surface area (Å²) in [5.74, 6) is 1.15. The van der Waals surface area contributed by atoms with Crippen LogP contribution in [0.1, 0.15) is 6.92 Å². The van der Waals surface area contributed by atoms with Gasteiger partial charge < -0.3 is 14.8 Å². The van der Waals surface area contributed by atoms with E-state index in [4.69, 9.17) is 16.3 Å². The zero-order valence-electron chi connectivity index (χ0n) is 10.7. The minimum atomic E-state index is 0.110. The molecule has 0 fully saturated rings. The van der Waals surface area contributed by atoms with Gasteiger partial charge in [0, 0.05) is 11.1 Å². The Bertz CT molecular complexity index is 770. The predicted octanol–water partition coefficient (Wildman–Crippen LogP) is 3.38. The van der Waals surface area contributed by atoms with E-state index in [9.17, 15) is 5.11 Å². The van der Waals surface area contributed by atoms with Crippen molar-refractivity contribution >= 4 is 22.8 Å². The molecule has 0 radical (unpaired) electrons. The van der Waals surface area contributed by atoms with Gasteiger partial charge in [-0.3, -0.25) is 0 Å². The number of nitrogens with one attached hydrogen (secondary N) is 1. The molecule has 20 heavy (non-hydrogen) atoms. The number of pyridine rings is 1. The number of phenolic OH excluding ortho intramolecular Hbond substituents is 1. The SMILES string of the molecule is CCOc1ccc2[nH]c(-c3cc(Cl)ccc3O)nc2n1. The number of benzene rings is 1. The first-order valence-electron chi connectivity index (χ1n) is 6.16. The average molecular weight is 290 g/mol. The maximum atomic E-state index is 9.89. The molecule has 0 spiro atoms. The second kappa shape index (κ2) is 5.02. The predicted molar refractivity (Wildman–Crippen MR) is 77.2 cm³/mol. The molecular weight excluding hydrogens is 278 g/mol. The van der Waals surface area contributed by atoms with Crippen molar-refractivity contribution in [1.82, 2.24) is 15.0 Å². The topological polar surface area (TPSA) is 71.0 Å². The number of rotatable bonds is 3. The molecule has 0 unspecified atom stereocenters. The number of imidazole rings is 1. The van der Waals surface area contributed by atoms with Crippen molar-refractivity contribution in [2.45, 2.75) is 6.92 Å². The highest BCUT2D eigenvalue weighted by molar-refractivity contribution is 6.30. The summed E-state index contributed by atoms with van der Waals surface area (Å²) in [6.45, 7) is 2.44. The van der Waals surface area contributed by atoms with Gasteiger partial charge in [0.2, 0.25) is 5.88 Å². The molecule has 3 aromatic rings. The number of hydrogen-bond acceptors (Lipinski definition) is 4. The van der Waals surface area contributed by atoms with Crippen LogP contribution in [0.2, 0.25) is 5.02 Å². The molecule has 102 valence electrons. The molecule has 0 bridgehead atoms. The largest absolute Gasteiger partial charge is 0.507 e. The zero-order valence-corrected chi connectivity index (χ0v) is 11.5. The Labute approximate surface area is 120 Å². The van der Waals surface area contributed by atoms with Crippen LogP contribution in [0.3, 0.4) is 0 Å². The van der Waals surface area contributed by atoms with Gasteiger partial charge in [0.15, 0.2) is 5.65 Å². The maximum Gasteiger partial charge on any atom is 0.215 e. The van der Waals surface area contributed by atoms with Crippen molar-refractivity contribution < 1.29 is 9.84 Å². The number of aromatic amines is 1. The Morgan fingerprint density at radius 3 is 2.90 bits per heavy atom. The molecular formula is C14H12ClN3O2. The van der Waals surface area contributed by atoms with E-state index in [2.05, 4.69) is 15.0 Å². The van der Waals surface area contributed by atoms with Crippen LogP contribution in [-0.2, 0) is 0 Å². The van der Waals surface area contributed by atoms with Crippen LogP contribution in [-0.4, -0.2) is 26.7 Å². The molecule has 0 aliphatic rings. The highest BCUT2D eigenvalue weighted by atomic mass is 35.5. The smallest absolute Gasteiger partial charge is 0.215 e. The molecule has 2 aromatic heterocycles. The van der Waals surface area contributed by atoms with Crippen molar-refractivity contribution in [2.24, 2.45) is 0 Å². The fraction of sp³-hybridized carbons (Fsp3) is 0.143. The Morgan fingerprint density at radius 1 is 1.25 bits per heavy atom. The Morgan fingerprint density at radius 2 is 2.10 bits per heavy atom. The quantitative estimate of drug-likeness (QED) is 0.775. The normalized spacial score (nSPS) is 10.9. The lowest BCUT2D eigenvalue weighted by Gasteiger charge is -2.00.